The molecule has 0 saturated carbocycles. The topological polar surface area (TPSA) is 80.9 Å². The highest BCUT2D eigenvalue weighted by Crippen LogP contribution is 2.33. The average molecular weight is 297 g/mol. The Bertz CT molecular complexity index is 646. The summed E-state index contributed by atoms with van der Waals surface area (Å²) >= 11 is 11.8. The normalized spacial score (nSPS) is 10.3. The van der Waals surface area contributed by atoms with Gasteiger partial charge in [0, 0.05) is 18.3 Å². The Morgan fingerprint density at radius 2 is 2.11 bits per heavy atom. The van der Waals surface area contributed by atoms with Crippen molar-refractivity contribution in [2.75, 3.05) is 12.8 Å². The molecule has 0 radical (unpaired) electrons. The maximum Gasteiger partial charge on any atom is 0.251 e. The minimum atomic E-state index is -0.284. The molecule has 0 bridgehead atoms. The van der Waals surface area contributed by atoms with Crippen molar-refractivity contribution in [3.63, 3.8) is 0 Å². The van der Waals surface area contributed by atoms with E-state index < -0.39 is 0 Å². The van der Waals surface area contributed by atoms with Gasteiger partial charge < -0.3 is 11.1 Å². The van der Waals surface area contributed by atoms with Gasteiger partial charge in [0.2, 0.25) is 5.28 Å². The van der Waals surface area contributed by atoms with Gasteiger partial charge in [-0.1, -0.05) is 17.7 Å². The van der Waals surface area contributed by atoms with Gasteiger partial charge in [-0.2, -0.15) is 0 Å². The summed E-state index contributed by atoms with van der Waals surface area (Å²) in [5, 5.41) is 2.84. The molecule has 1 heterocycles. The predicted molar refractivity (Wildman–Crippen MR) is 75.3 cm³/mol. The van der Waals surface area contributed by atoms with Crippen molar-refractivity contribution < 1.29 is 4.79 Å². The molecule has 7 heteroatoms. The minimum absolute atomic E-state index is 0.0329. The van der Waals surface area contributed by atoms with E-state index in [0.29, 0.717) is 22.5 Å². The molecule has 0 unspecified atom stereocenters. The summed E-state index contributed by atoms with van der Waals surface area (Å²) in [4.78, 5) is 19.7. The third kappa shape index (κ3) is 2.62. The highest BCUT2D eigenvalue weighted by molar-refractivity contribution is 6.34. The van der Waals surface area contributed by atoms with E-state index in [1.54, 1.807) is 18.2 Å². The Labute approximate surface area is 119 Å². The van der Waals surface area contributed by atoms with E-state index in [1.165, 1.54) is 13.2 Å². The molecular weight excluding hydrogens is 287 g/mol. The fraction of sp³-hybridized carbons (Fsp3) is 0.0833. The average Bonchev–Trinajstić information content (AvgIpc) is 2.40. The van der Waals surface area contributed by atoms with Crippen LogP contribution in [0.4, 0.5) is 5.69 Å². The van der Waals surface area contributed by atoms with E-state index in [-0.39, 0.29) is 16.2 Å². The molecule has 1 aromatic heterocycles. The monoisotopic (exact) mass is 296 g/mol. The lowest BCUT2D eigenvalue weighted by Crippen LogP contribution is -2.19. The number of nitrogens with one attached hydrogen (secondary N) is 1. The highest BCUT2D eigenvalue weighted by atomic mass is 35.5. The molecule has 1 amide bonds. The Hall–Kier alpha value is -1.85. The molecule has 0 spiro atoms. The maximum atomic E-state index is 11.9. The fourth-order valence-electron chi connectivity index (χ4n) is 1.68. The minimum Gasteiger partial charge on any atom is -0.398 e. The number of aromatic nitrogens is 2. The van der Waals surface area contributed by atoms with Crippen LogP contribution in [0.5, 0.6) is 0 Å². The van der Waals surface area contributed by atoms with Crippen LogP contribution in [0, 0.1) is 0 Å². The van der Waals surface area contributed by atoms with Crippen LogP contribution in [0.25, 0.3) is 11.3 Å². The lowest BCUT2D eigenvalue weighted by Gasteiger charge is -2.12. The van der Waals surface area contributed by atoms with E-state index in [9.17, 15) is 4.79 Å². The van der Waals surface area contributed by atoms with Crippen LogP contribution in [0.3, 0.4) is 0 Å². The molecule has 1 aromatic carbocycles. The van der Waals surface area contributed by atoms with Crippen molar-refractivity contribution in [2.45, 2.75) is 0 Å². The number of rotatable bonds is 2. The Morgan fingerprint density at radius 1 is 1.37 bits per heavy atom. The van der Waals surface area contributed by atoms with Crippen LogP contribution in [0.2, 0.25) is 10.3 Å². The summed E-state index contributed by atoms with van der Waals surface area (Å²) < 4.78 is 0. The second kappa shape index (κ2) is 5.42. The molecule has 3 N–H and O–H groups in total. The Morgan fingerprint density at radius 3 is 2.79 bits per heavy atom. The molecule has 0 atom stereocenters. The number of nitrogens with zero attached hydrogens (tertiary/aromatic N) is 2. The van der Waals surface area contributed by atoms with Gasteiger partial charge in [-0.3, -0.25) is 4.79 Å². The molecule has 0 aliphatic heterocycles. The Balaban J connectivity index is 2.74. The summed E-state index contributed by atoms with van der Waals surface area (Å²) in [7, 11) is 1.53. The number of hydrogen-bond donors (Lipinski definition) is 2. The summed E-state index contributed by atoms with van der Waals surface area (Å²) in [6.45, 7) is 0. The number of halogens is 2. The summed E-state index contributed by atoms with van der Waals surface area (Å²) in [5.74, 6) is -0.284. The number of carbonyl (C=O) groups excluding carboxylic acids is 1. The van der Waals surface area contributed by atoms with Gasteiger partial charge in [-0.25, -0.2) is 9.97 Å². The molecule has 0 aliphatic rings. The second-order valence-electron chi connectivity index (χ2n) is 3.68. The van der Waals surface area contributed by atoms with Crippen LogP contribution in [0.15, 0.2) is 24.4 Å². The number of carbonyl (C=O) groups is 1. The number of nitrogen functional groups attached to an aromatic ring is 1. The molecule has 0 aliphatic carbocycles. The Kier molecular flexibility index (Phi) is 3.87. The van der Waals surface area contributed by atoms with E-state index >= 15 is 0 Å². The number of amides is 1. The molecule has 0 fully saturated rings. The molecule has 2 rings (SSSR count). The zero-order valence-electron chi connectivity index (χ0n) is 9.95. The molecular formula is C12H10Cl2N4O. The lowest BCUT2D eigenvalue weighted by molar-refractivity contribution is 0.0963. The van der Waals surface area contributed by atoms with Crippen LogP contribution < -0.4 is 11.1 Å². The van der Waals surface area contributed by atoms with Crippen molar-refractivity contribution in [3.8, 4) is 11.3 Å². The van der Waals surface area contributed by atoms with Crippen molar-refractivity contribution in [3.05, 3.63) is 40.3 Å². The molecule has 19 heavy (non-hydrogen) atoms. The van der Waals surface area contributed by atoms with Gasteiger partial charge in [0.05, 0.1) is 22.5 Å². The van der Waals surface area contributed by atoms with Gasteiger partial charge >= 0.3 is 0 Å². The van der Waals surface area contributed by atoms with Crippen molar-refractivity contribution >= 4 is 34.8 Å². The largest absolute Gasteiger partial charge is 0.398 e. The van der Waals surface area contributed by atoms with E-state index in [0.717, 1.165) is 0 Å². The number of benzene rings is 1. The van der Waals surface area contributed by atoms with Crippen LogP contribution in [-0.4, -0.2) is 22.9 Å². The quantitative estimate of drug-likeness (QED) is 0.659. The van der Waals surface area contributed by atoms with Gasteiger partial charge in [-0.15, -0.1) is 0 Å². The van der Waals surface area contributed by atoms with E-state index in [2.05, 4.69) is 15.3 Å². The zero-order chi connectivity index (χ0) is 14.0. The first-order chi connectivity index (χ1) is 9.04. The van der Waals surface area contributed by atoms with Crippen molar-refractivity contribution in [2.24, 2.45) is 0 Å². The number of anilines is 1. The van der Waals surface area contributed by atoms with Crippen molar-refractivity contribution in [1.29, 1.82) is 0 Å². The van der Waals surface area contributed by atoms with Gasteiger partial charge in [0.1, 0.15) is 0 Å². The lowest BCUT2D eigenvalue weighted by atomic mass is 10.0. The summed E-state index contributed by atoms with van der Waals surface area (Å²) in [5.41, 5.74) is 7.46. The van der Waals surface area contributed by atoms with Gasteiger partial charge in [0.25, 0.3) is 5.91 Å². The van der Waals surface area contributed by atoms with Crippen LogP contribution >= 0.6 is 23.2 Å². The first-order valence-electron chi connectivity index (χ1n) is 5.33. The second-order valence-corrected chi connectivity index (χ2v) is 4.43. The van der Waals surface area contributed by atoms with Crippen molar-refractivity contribution in [1.82, 2.24) is 15.3 Å². The van der Waals surface area contributed by atoms with Gasteiger partial charge in [-0.05, 0) is 23.7 Å². The van der Waals surface area contributed by atoms with Crippen LogP contribution in [0.1, 0.15) is 10.4 Å². The first kappa shape index (κ1) is 13.6. The summed E-state index contributed by atoms with van der Waals surface area (Å²) in [6, 6.07) is 4.98. The van der Waals surface area contributed by atoms with Gasteiger partial charge in [0.15, 0.2) is 0 Å². The standard InChI is InChI=1S/C12H10Cl2N4O/c1-16-11(19)6-3-2-4-8(15)9(6)10-7(13)5-17-12(14)18-10/h2-5H,15H2,1H3,(H,16,19). The zero-order valence-corrected chi connectivity index (χ0v) is 11.5. The first-order valence-corrected chi connectivity index (χ1v) is 6.09. The smallest absolute Gasteiger partial charge is 0.251 e. The SMILES string of the molecule is CNC(=O)c1cccc(N)c1-c1nc(Cl)ncc1Cl. The molecule has 0 saturated heterocycles. The predicted octanol–water partition coefficient (Wildman–Crippen LogP) is 2.39. The van der Waals surface area contributed by atoms with E-state index in [4.69, 9.17) is 28.9 Å². The number of nitrogens with two attached hydrogens (primary N) is 1. The third-order valence-electron chi connectivity index (χ3n) is 2.52. The molecule has 98 valence electrons. The fourth-order valence-corrected chi connectivity index (χ4v) is 2.00. The van der Waals surface area contributed by atoms with Crippen LogP contribution in [-0.2, 0) is 0 Å². The third-order valence-corrected chi connectivity index (χ3v) is 2.98. The molecule has 2 aromatic rings. The molecule has 5 nitrogen and oxygen atoms in total. The van der Waals surface area contributed by atoms with E-state index in [1.807, 2.05) is 0 Å². The summed E-state index contributed by atoms with van der Waals surface area (Å²) in [6.07, 6.45) is 1.37. The number of hydrogen-bond acceptors (Lipinski definition) is 4. The highest BCUT2D eigenvalue weighted by Gasteiger charge is 2.18. The maximum absolute atomic E-state index is 11.9.